The third-order valence-electron chi connectivity index (χ3n) is 4.86. The molecule has 4 nitrogen and oxygen atoms in total. The number of allylic oxidation sites excluding steroid dienone is 1. The predicted molar refractivity (Wildman–Crippen MR) is 101 cm³/mol. The van der Waals surface area contributed by atoms with Gasteiger partial charge in [0.05, 0.1) is 16.6 Å². The summed E-state index contributed by atoms with van der Waals surface area (Å²) >= 11 is 12.0. The smallest absolute Gasteiger partial charge is 0.229 e. The van der Waals surface area contributed by atoms with Gasteiger partial charge in [0.1, 0.15) is 0 Å². The quantitative estimate of drug-likeness (QED) is 0.754. The van der Waals surface area contributed by atoms with Crippen LogP contribution in [0.15, 0.2) is 29.8 Å². The minimum absolute atomic E-state index is 0.0544. The Hall–Kier alpha value is -1.52. The number of rotatable bonds is 5. The summed E-state index contributed by atoms with van der Waals surface area (Å²) in [4.78, 5) is 26.5. The van der Waals surface area contributed by atoms with E-state index in [0.717, 1.165) is 19.3 Å². The molecule has 3 rings (SSSR count). The predicted octanol–water partition coefficient (Wildman–Crippen LogP) is 4.67. The first kappa shape index (κ1) is 18.3. The number of halogens is 2. The zero-order valence-electron chi connectivity index (χ0n) is 14.1. The van der Waals surface area contributed by atoms with Gasteiger partial charge in [-0.15, -0.1) is 0 Å². The Labute approximate surface area is 158 Å². The molecule has 1 unspecified atom stereocenters. The lowest BCUT2D eigenvalue weighted by molar-refractivity contribution is -0.128. The van der Waals surface area contributed by atoms with Crippen molar-refractivity contribution in [1.82, 2.24) is 4.90 Å². The highest BCUT2D eigenvalue weighted by molar-refractivity contribution is 6.36. The number of likely N-dealkylation sites (tertiary alicyclic amines) is 1. The largest absolute Gasteiger partial charge is 0.342 e. The molecule has 0 aromatic heterocycles. The van der Waals surface area contributed by atoms with Crippen LogP contribution in [0.2, 0.25) is 10.0 Å². The summed E-state index contributed by atoms with van der Waals surface area (Å²) in [5, 5.41) is 3.72. The molecule has 0 saturated carbocycles. The van der Waals surface area contributed by atoms with Gasteiger partial charge in [0.15, 0.2) is 0 Å². The fraction of sp³-hybridized carbons (Fsp3) is 0.474. The number of nitrogens with zero attached hydrogens (tertiary/aromatic N) is 1. The van der Waals surface area contributed by atoms with Crippen molar-refractivity contribution in [3.05, 3.63) is 39.9 Å². The molecule has 1 aliphatic heterocycles. The average molecular weight is 381 g/mol. The Kier molecular flexibility index (Phi) is 6.02. The van der Waals surface area contributed by atoms with Crippen molar-refractivity contribution in [3.8, 4) is 0 Å². The van der Waals surface area contributed by atoms with E-state index in [1.54, 1.807) is 18.2 Å². The monoisotopic (exact) mass is 380 g/mol. The van der Waals surface area contributed by atoms with Crippen molar-refractivity contribution in [2.24, 2.45) is 5.92 Å². The van der Waals surface area contributed by atoms with E-state index < -0.39 is 0 Å². The Morgan fingerprint density at radius 2 is 2.12 bits per heavy atom. The van der Waals surface area contributed by atoms with Crippen molar-refractivity contribution in [2.45, 2.75) is 38.5 Å². The standard InChI is InChI=1S/C19H22Cl2N2O2/c20-15-6-7-17(16(21)11-15)22-19(25)14-10-18(24)23(12-14)9-8-13-4-2-1-3-5-13/h4,6-7,11,14H,1-3,5,8-10,12H2,(H,22,25). The van der Waals surface area contributed by atoms with Gasteiger partial charge < -0.3 is 10.2 Å². The molecule has 6 heteroatoms. The lowest BCUT2D eigenvalue weighted by atomic mass is 9.97. The Morgan fingerprint density at radius 1 is 1.28 bits per heavy atom. The highest BCUT2D eigenvalue weighted by Crippen LogP contribution is 2.28. The van der Waals surface area contributed by atoms with Crippen molar-refractivity contribution in [1.29, 1.82) is 0 Å². The Bertz CT molecular complexity index is 703. The minimum atomic E-state index is -0.334. The molecule has 134 valence electrons. The van der Waals surface area contributed by atoms with Crippen LogP contribution >= 0.6 is 23.2 Å². The third kappa shape index (κ3) is 4.77. The summed E-state index contributed by atoms with van der Waals surface area (Å²) in [6, 6.07) is 4.93. The van der Waals surface area contributed by atoms with E-state index in [1.807, 2.05) is 4.90 Å². The summed E-state index contributed by atoms with van der Waals surface area (Å²) in [5.41, 5.74) is 1.97. The van der Waals surface area contributed by atoms with E-state index in [-0.39, 0.29) is 24.2 Å². The number of anilines is 1. The maximum absolute atomic E-state index is 12.5. The molecule has 25 heavy (non-hydrogen) atoms. The minimum Gasteiger partial charge on any atom is -0.342 e. The van der Waals surface area contributed by atoms with Gasteiger partial charge in [0, 0.05) is 24.5 Å². The average Bonchev–Trinajstić information content (AvgIpc) is 2.97. The van der Waals surface area contributed by atoms with Crippen LogP contribution in [0.4, 0.5) is 5.69 Å². The first-order valence-corrected chi connectivity index (χ1v) is 9.50. The number of amides is 2. The van der Waals surface area contributed by atoms with Crippen LogP contribution in [0.5, 0.6) is 0 Å². The number of benzene rings is 1. The summed E-state index contributed by atoms with van der Waals surface area (Å²) in [5.74, 6) is -0.449. The third-order valence-corrected chi connectivity index (χ3v) is 5.41. The first-order valence-electron chi connectivity index (χ1n) is 8.74. The second kappa shape index (κ2) is 8.24. The van der Waals surface area contributed by atoms with Gasteiger partial charge in [-0.2, -0.15) is 0 Å². The van der Waals surface area contributed by atoms with E-state index in [1.165, 1.54) is 18.4 Å². The van der Waals surface area contributed by atoms with Crippen molar-refractivity contribution in [2.75, 3.05) is 18.4 Å². The second-order valence-corrected chi connectivity index (χ2v) is 7.56. The topological polar surface area (TPSA) is 49.4 Å². The lowest BCUT2D eigenvalue weighted by Crippen LogP contribution is -2.29. The molecule has 2 amide bonds. The molecular weight excluding hydrogens is 359 g/mol. The van der Waals surface area contributed by atoms with Crippen LogP contribution in [0.1, 0.15) is 38.5 Å². The summed E-state index contributed by atoms with van der Waals surface area (Å²) in [6.07, 6.45) is 8.28. The Morgan fingerprint density at radius 3 is 2.84 bits per heavy atom. The summed E-state index contributed by atoms with van der Waals surface area (Å²) in [7, 11) is 0. The summed E-state index contributed by atoms with van der Waals surface area (Å²) in [6.45, 7) is 1.18. The highest BCUT2D eigenvalue weighted by atomic mass is 35.5. The van der Waals surface area contributed by atoms with Crippen LogP contribution < -0.4 is 5.32 Å². The zero-order chi connectivity index (χ0) is 17.8. The lowest BCUT2D eigenvalue weighted by Gasteiger charge is -2.19. The highest BCUT2D eigenvalue weighted by Gasteiger charge is 2.34. The molecule has 1 aromatic rings. The number of hydrogen-bond donors (Lipinski definition) is 1. The van der Waals surface area contributed by atoms with Crippen LogP contribution in [0.3, 0.4) is 0 Å². The zero-order valence-corrected chi connectivity index (χ0v) is 15.6. The van der Waals surface area contributed by atoms with Gasteiger partial charge in [0.25, 0.3) is 0 Å². The fourth-order valence-electron chi connectivity index (χ4n) is 3.40. The molecular formula is C19H22Cl2N2O2. The van der Waals surface area contributed by atoms with Gasteiger partial charge in [-0.3, -0.25) is 9.59 Å². The molecule has 1 aliphatic carbocycles. The van der Waals surface area contributed by atoms with Gasteiger partial charge in [-0.1, -0.05) is 34.9 Å². The van der Waals surface area contributed by atoms with Gasteiger partial charge >= 0.3 is 0 Å². The molecule has 2 aliphatic rings. The second-order valence-electron chi connectivity index (χ2n) is 6.71. The Balaban J connectivity index is 1.54. The van der Waals surface area contributed by atoms with E-state index in [4.69, 9.17) is 23.2 Å². The molecule has 1 atom stereocenters. The normalized spacial score (nSPS) is 20.6. The van der Waals surface area contributed by atoms with Crippen molar-refractivity contribution >= 4 is 40.7 Å². The number of carbonyl (C=O) groups excluding carboxylic acids is 2. The van der Waals surface area contributed by atoms with Crippen molar-refractivity contribution in [3.63, 3.8) is 0 Å². The van der Waals surface area contributed by atoms with E-state index in [9.17, 15) is 9.59 Å². The molecule has 1 fully saturated rings. The van der Waals surface area contributed by atoms with E-state index in [2.05, 4.69) is 11.4 Å². The van der Waals surface area contributed by atoms with Crippen molar-refractivity contribution < 1.29 is 9.59 Å². The molecule has 1 aromatic carbocycles. The van der Waals surface area contributed by atoms with E-state index in [0.29, 0.717) is 28.8 Å². The number of hydrogen-bond acceptors (Lipinski definition) is 2. The molecule has 1 heterocycles. The molecule has 0 radical (unpaired) electrons. The maximum atomic E-state index is 12.5. The number of nitrogens with one attached hydrogen (secondary N) is 1. The van der Waals surface area contributed by atoms with Gasteiger partial charge in [-0.25, -0.2) is 0 Å². The SMILES string of the molecule is O=C(Nc1ccc(Cl)cc1Cl)C1CC(=O)N(CCC2=CCCCC2)C1. The molecule has 0 spiro atoms. The van der Waals surface area contributed by atoms with Gasteiger partial charge in [-0.05, 0) is 50.3 Å². The van der Waals surface area contributed by atoms with Crippen LogP contribution in [-0.4, -0.2) is 29.8 Å². The van der Waals surface area contributed by atoms with Crippen LogP contribution in [0.25, 0.3) is 0 Å². The van der Waals surface area contributed by atoms with Crippen LogP contribution in [0, 0.1) is 5.92 Å². The van der Waals surface area contributed by atoms with Crippen LogP contribution in [-0.2, 0) is 9.59 Å². The molecule has 1 saturated heterocycles. The maximum Gasteiger partial charge on any atom is 0.229 e. The summed E-state index contributed by atoms with van der Waals surface area (Å²) < 4.78 is 0. The first-order chi connectivity index (χ1) is 12.0. The fourth-order valence-corrected chi connectivity index (χ4v) is 3.86. The van der Waals surface area contributed by atoms with Gasteiger partial charge in [0.2, 0.25) is 11.8 Å². The number of carbonyl (C=O) groups is 2. The molecule has 0 bridgehead atoms. The van der Waals surface area contributed by atoms with E-state index >= 15 is 0 Å². The molecule has 1 N–H and O–H groups in total.